The highest BCUT2D eigenvalue weighted by Gasteiger charge is 2.13. The minimum absolute atomic E-state index is 0.0236. The molecule has 20 heavy (non-hydrogen) atoms. The van der Waals surface area contributed by atoms with Crippen LogP contribution in [0.4, 0.5) is 0 Å². The van der Waals surface area contributed by atoms with Gasteiger partial charge in [0.1, 0.15) is 22.5 Å². The SMILES string of the molecule is Cc1cc(CO)c(O)c(-n2nc3ccc(Cl)cc3n2)c1. The fourth-order valence-electron chi connectivity index (χ4n) is 2.10. The molecule has 0 amide bonds. The molecule has 1 heterocycles. The summed E-state index contributed by atoms with van der Waals surface area (Å²) in [6.07, 6.45) is 0. The number of aliphatic hydroxyl groups is 1. The fraction of sp³-hybridized carbons (Fsp3) is 0.143. The van der Waals surface area contributed by atoms with Crippen LogP contribution in [0, 0.1) is 6.92 Å². The van der Waals surface area contributed by atoms with E-state index in [0.717, 1.165) is 5.56 Å². The summed E-state index contributed by atoms with van der Waals surface area (Å²) in [6, 6.07) is 8.69. The molecule has 2 N–H and O–H groups in total. The van der Waals surface area contributed by atoms with E-state index in [-0.39, 0.29) is 12.4 Å². The second-order valence-electron chi connectivity index (χ2n) is 4.57. The number of fused-ring (bicyclic) bond motifs is 1. The Bertz CT molecular complexity index is 798. The largest absolute Gasteiger partial charge is 0.505 e. The van der Waals surface area contributed by atoms with Crippen molar-refractivity contribution in [3.63, 3.8) is 0 Å². The molecule has 6 heteroatoms. The number of benzene rings is 2. The summed E-state index contributed by atoms with van der Waals surface area (Å²) in [5, 5.41) is 28.6. The highest BCUT2D eigenvalue weighted by atomic mass is 35.5. The van der Waals surface area contributed by atoms with Gasteiger partial charge in [-0.15, -0.1) is 15.0 Å². The van der Waals surface area contributed by atoms with Crippen LogP contribution in [0.1, 0.15) is 11.1 Å². The van der Waals surface area contributed by atoms with Gasteiger partial charge in [-0.3, -0.25) is 0 Å². The van der Waals surface area contributed by atoms with Crippen molar-refractivity contribution in [2.75, 3.05) is 0 Å². The summed E-state index contributed by atoms with van der Waals surface area (Å²) in [5.74, 6) is -0.0236. The van der Waals surface area contributed by atoms with Gasteiger partial charge in [-0.25, -0.2) is 0 Å². The lowest BCUT2D eigenvalue weighted by molar-refractivity contribution is 0.275. The second kappa shape index (κ2) is 4.77. The number of hydrogen-bond donors (Lipinski definition) is 2. The predicted octanol–water partition coefficient (Wildman–Crippen LogP) is 2.58. The quantitative estimate of drug-likeness (QED) is 0.761. The van der Waals surface area contributed by atoms with Crippen LogP contribution in [0.2, 0.25) is 5.02 Å². The first-order valence-corrected chi connectivity index (χ1v) is 6.42. The van der Waals surface area contributed by atoms with Gasteiger partial charge in [-0.2, -0.15) is 0 Å². The van der Waals surface area contributed by atoms with Crippen molar-refractivity contribution in [1.29, 1.82) is 0 Å². The maximum absolute atomic E-state index is 10.2. The lowest BCUT2D eigenvalue weighted by atomic mass is 10.1. The maximum atomic E-state index is 10.2. The molecule has 2 aromatic carbocycles. The van der Waals surface area contributed by atoms with Crippen molar-refractivity contribution in [2.24, 2.45) is 0 Å². The van der Waals surface area contributed by atoms with Gasteiger partial charge in [0.2, 0.25) is 0 Å². The van der Waals surface area contributed by atoms with Crippen molar-refractivity contribution in [1.82, 2.24) is 15.0 Å². The molecule has 0 fully saturated rings. The van der Waals surface area contributed by atoms with Crippen LogP contribution in [-0.4, -0.2) is 25.2 Å². The number of halogens is 1. The molecule has 0 aliphatic carbocycles. The summed E-state index contributed by atoms with van der Waals surface area (Å²) in [6.45, 7) is 1.63. The molecule has 0 spiro atoms. The Morgan fingerprint density at radius 3 is 2.65 bits per heavy atom. The first-order valence-electron chi connectivity index (χ1n) is 6.05. The number of nitrogens with zero attached hydrogens (tertiary/aromatic N) is 3. The second-order valence-corrected chi connectivity index (χ2v) is 5.01. The zero-order valence-electron chi connectivity index (χ0n) is 10.7. The van der Waals surface area contributed by atoms with E-state index in [1.54, 1.807) is 30.3 Å². The van der Waals surface area contributed by atoms with Gasteiger partial charge < -0.3 is 10.2 Å². The van der Waals surface area contributed by atoms with Crippen molar-refractivity contribution in [3.8, 4) is 11.4 Å². The van der Waals surface area contributed by atoms with E-state index in [1.165, 1.54) is 4.80 Å². The Hall–Kier alpha value is -2.11. The van der Waals surface area contributed by atoms with Crippen LogP contribution >= 0.6 is 11.6 Å². The smallest absolute Gasteiger partial charge is 0.148 e. The summed E-state index contributed by atoms with van der Waals surface area (Å²) < 4.78 is 0. The Balaban J connectivity index is 2.22. The van der Waals surface area contributed by atoms with Gasteiger partial charge >= 0.3 is 0 Å². The highest BCUT2D eigenvalue weighted by Crippen LogP contribution is 2.28. The minimum atomic E-state index is -0.243. The third-order valence-corrected chi connectivity index (χ3v) is 3.28. The maximum Gasteiger partial charge on any atom is 0.148 e. The molecule has 0 aliphatic heterocycles. The summed E-state index contributed by atoms with van der Waals surface area (Å²) in [5.41, 5.74) is 3.10. The van der Waals surface area contributed by atoms with E-state index in [4.69, 9.17) is 11.6 Å². The molecule has 0 aliphatic rings. The Morgan fingerprint density at radius 1 is 1.15 bits per heavy atom. The van der Waals surface area contributed by atoms with Crippen LogP contribution in [-0.2, 0) is 6.61 Å². The monoisotopic (exact) mass is 289 g/mol. The molecule has 102 valence electrons. The number of phenols is 1. The third-order valence-electron chi connectivity index (χ3n) is 3.04. The predicted molar refractivity (Wildman–Crippen MR) is 76.2 cm³/mol. The molecule has 0 bridgehead atoms. The van der Waals surface area contributed by atoms with Crippen LogP contribution < -0.4 is 0 Å². The van der Waals surface area contributed by atoms with Crippen molar-refractivity contribution in [2.45, 2.75) is 13.5 Å². The zero-order valence-corrected chi connectivity index (χ0v) is 11.5. The summed E-state index contributed by atoms with van der Waals surface area (Å²) in [4.78, 5) is 1.35. The summed E-state index contributed by atoms with van der Waals surface area (Å²) >= 11 is 5.92. The first-order chi connectivity index (χ1) is 9.58. The molecular formula is C14H12ClN3O2. The van der Waals surface area contributed by atoms with Gasteiger partial charge in [0.05, 0.1) is 6.61 Å². The van der Waals surface area contributed by atoms with Crippen LogP contribution in [0.3, 0.4) is 0 Å². The van der Waals surface area contributed by atoms with Gasteiger partial charge in [-0.1, -0.05) is 11.6 Å². The standard InChI is InChI=1S/C14H12ClN3O2/c1-8-4-9(7-19)14(20)13(5-8)18-16-11-3-2-10(15)6-12(11)17-18/h2-6,19-20H,7H2,1H3. The van der Waals surface area contributed by atoms with E-state index < -0.39 is 0 Å². The number of aryl methyl sites for hydroxylation is 1. The van der Waals surface area contributed by atoms with Crippen LogP contribution in [0.15, 0.2) is 30.3 Å². The molecule has 0 atom stereocenters. The van der Waals surface area contributed by atoms with Crippen molar-refractivity contribution >= 4 is 22.6 Å². The van der Waals surface area contributed by atoms with E-state index in [1.807, 2.05) is 6.92 Å². The lowest BCUT2D eigenvalue weighted by Gasteiger charge is -2.08. The van der Waals surface area contributed by atoms with Crippen LogP contribution in [0.5, 0.6) is 5.75 Å². The molecule has 5 nitrogen and oxygen atoms in total. The van der Waals surface area contributed by atoms with E-state index >= 15 is 0 Å². The highest BCUT2D eigenvalue weighted by molar-refractivity contribution is 6.31. The topological polar surface area (TPSA) is 71.2 Å². The Labute approximate surface area is 120 Å². The molecular weight excluding hydrogens is 278 g/mol. The van der Waals surface area contributed by atoms with E-state index in [2.05, 4.69) is 10.2 Å². The number of rotatable bonds is 2. The number of aromatic nitrogens is 3. The van der Waals surface area contributed by atoms with Gasteiger partial charge in [0, 0.05) is 10.6 Å². The molecule has 0 saturated heterocycles. The van der Waals surface area contributed by atoms with Gasteiger partial charge in [-0.05, 0) is 42.8 Å². The molecule has 0 radical (unpaired) electrons. The number of aliphatic hydroxyl groups excluding tert-OH is 1. The molecule has 1 aromatic heterocycles. The van der Waals surface area contributed by atoms with E-state index in [9.17, 15) is 10.2 Å². The van der Waals surface area contributed by atoms with Gasteiger partial charge in [0.25, 0.3) is 0 Å². The average Bonchev–Trinajstić information content (AvgIpc) is 2.83. The fourth-order valence-corrected chi connectivity index (χ4v) is 2.27. The van der Waals surface area contributed by atoms with Gasteiger partial charge in [0.15, 0.2) is 0 Å². The molecule has 3 aromatic rings. The lowest BCUT2D eigenvalue weighted by Crippen LogP contribution is -2.01. The molecule has 0 unspecified atom stereocenters. The van der Waals surface area contributed by atoms with Crippen molar-refractivity contribution in [3.05, 3.63) is 46.5 Å². The van der Waals surface area contributed by atoms with Crippen molar-refractivity contribution < 1.29 is 10.2 Å². The first kappa shape index (κ1) is 12.9. The number of aromatic hydroxyl groups is 1. The molecule has 0 saturated carbocycles. The molecule has 3 rings (SSSR count). The average molecular weight is 290 g/mol. The Kier molecular flexibility index (Phi) is 3.08. The number of hydrogen-bond acceptors (Lipinski definition) is 4. The van der Waals surface area contributed by atoms with E-state index in [0.29, 0.717) is 27.3 Å². The van der Waals surface area contributed by atoms with Crippen LogP contribution in [0.25, 0.3) is 16.7 Å². The third kappa shape index (κ3) is 2.11. The normalized spacial score (nSPS) is 11.2. The zero-order chi connectivity index (χ0) is 14.3. The summed E-state index contributed by atoms with van der Waals surface area (Å²) in [7, 11) is 0. The minimum Gasteiger partial charge on any atom is -0.505 e. The Morgan fingerprint density at radius 2 is 1.90 bits per heavy atom.